The first-order chi connectivity index (χ1) is 17.4. The van der Waals surface area contributed by atoms with Crippen molar-refractivity contribution < 1.29 is 5.11 Å². The highest BCUT2D eigenvalue weighted by atomic mass is 35.5. The summed E-state index contributed by atoms with van der Waals surface area (Å²) >= 11 is 6.20. The topological polar surface area (TPSA) is 20.2 Å². The second kappa shape index (κ2) is 8.48. The standard InChI is InChI=1S/C34H27ClO/c1-33(2)29-14-8-9-15-30(29)34(36,28-13-7-6-12-27(28)24-16-19-26(35)20-17-24)31-21-18-25(22-32(31)33)23-10-4-3-5-11-23/h3-22,36H,1-2H3. The highest BCUT2D eigenvalue weighted by molar-refractivity contribution is 6.30. The lowest BCUT2D eigenvalue weighted by molar-refractivity contribution is 0.117. The van der Waals surface area contributed by atoms with Crippen molar-refractivity contribution in [3.05, 3.63) is 154 Å². The largest absolute Gasteiger partial charge is 0.376 e. The van der Waals surface area contributed by atoms with Crippen molar-refractivity contribution in [3.63, 3.8) is 0 Å². The van der Waals surface area contributed by atoms with E-state index >= 15 is 0 Å². The van der Waals surface area contributed by atoms with E-state index in [4.69, 9.17) is 11.6 Å². The molecule has 1 nitrogen and oxygen atoms in total. The third kappa shape index (κ3) is 3.43. The Hall–Kier alpha value is -3.65. The molecule has 6 rings (SSSR count). The van der Waals surface area contributed by atoms with E-state index in [1.165, 1.54) is 5.56 Å². The summed E-state index contributed by atoms with van der Waals surface area (Å²) in [6, 6.07) is 41.2. The first-order valence-corrected chi connectivity index (χ1v) is 12.7. The SMILES string of the molecule is CC1(C)c2ccccc2C(O)(c2ccccc2-c2ccc(Cl)cc2)c2ccc(-c3ccccc3)cc21. The van der Waals surface area contributed by atoms with Crippen LogP contribution in [0.4, 0.5) is 0 Å². The van der Waals surface area contributed by atoms with E-state index in [1.807, 2.05) is 54.6 Å². The maximum Gasteiger partial charge on any atom is 0.141 e. The van der Waals surface area contributed by atoms with Crippen LogP contribution in [0.25, 0.3) is 22.3 Å². The summed E-state index contributed by atoms with van der Waals surface area (Å²) < 4.78 is 0. The lowest BCUT2D eigenvalue weighted by Crippen LogP contribution is -2.41. The fraction of sp³-hybridized carbons (Fsp3) is 0.118. The lowest BCUT2D eigenvalue weighted by Gasteiger charge is -2.45. The highest BCUT2D eigenvalue weighted by Crippen LogP contribution is 2.53. The Morgan fingerprint density at radius 2 is 1.06 bits per heavy atom. The van der Waals surface area contributed by atoms with E-state index in [2.05, 4.69) is 80.6 Å². The van der Waals surface area contributed by atoms with E-state index in [0.29, 0.717) is 5.02 Å². The molecule has 0 bridgehead atoms. The van der Waals surface area contributed by atoms with Crippen LogP contribution < -0.4 is 0 Å². The second-order valence-electron chi connectivity index (χ2n) is 10.1. The van der Waals surface area contributed by atoms with Gasteiger partial charge in [0.05, 0.1) is 0 Å². The van der Waals surface area contributed by atoms with Crippen LogP contribution in [0.1, 0.15) is 41.7 Å². The van der Waals surface area contributed by atoms with Gasteiger partial charge in [0.2, 0.25) is 0 Å². The minimum absolute atomic E-state index is 0.280. The molecule has 0 aromatic heterocycles. The zero-order valence-corrected chi connectivity index (χ0v) is 21.1. The molecular weight excluding hydrogens is 460 g/mol. The van der Waals surface area contributed by atoms with Crippen molar-refractivity contribution in [2.75, 3.05) is 0 Å². The first kappa shape index (κ1) is 22.8. The van der Waals surface area contributed by atoms with Crippen LogP contribution in [0.3, 0.4) is 0 Å². The highest BCUT2D eigenvalue weighted by Gasteiger charge is 2.47. The Morgan fingerprint density at radius 3 is 1.78 bits per heavy atom. The van der Waals surface area contributed by atoms with Gasteiger partial charge >= 0.3 is 0 Å². The van der Waals surface area contributed by atoms with Crippen LogP contribution in [-0.4, -0.2) is 5.11 Å². The summed E-state index contributed by atoms with van der Waals surface area (Å²) in [6.07, 6.45) is 0. The molecule has 1 aliphatic rings. The van der Waals surface area contributed by atoms with E-state index in [9.17, 15) is 5.11 Å². The fourth-order valence-electron chi connectivity index (χ4n) is 5.79. The van der Waals surface area contributed by atoms with Gasteiger partial charge in [-0.3, -0.25) is 0 Å². The average Bonchev–Trinajstić information content (AvgIpc) is 2.93. The Bertz CT molecular complexity index is 1570. The van der Waals surface area contributed by atoms with Gasteiger partial charge in [-0.15, -0.1) is 0 Å². The number of rotatable bonds is 3. The number of benzene rings is 5. The smallest absolute Gasteiger partial charge is 0.141 e. The van der Waals surface area contributed by atoms with Crippen molar-refractivity contribution in [1.82, 2.24) is 0 Å². The third-order valence-electron chi connectivity index (χ3n) is 7.65. The minimum Gasteiger partial charge on any atom is -0.376 e. The summed E-state index contributed by atoms with van der Waals surface area (Å²) in [5.74, 6) is 0. The molecule has 1 N–H and O–H groups in total. The number of hydrogen-bond donors (Lipinski definition) is 1. The van der Waals surface area contributed by atoms with E-state index in [-0.39, 0.29) is 5.41 Å². The summed E-state index contributed by atoms with van der Waals surface area (Å²) in [4.78, 5) is 0. The maximum absolute atomic E-state index is 12.9. The van der Waals surface area contributed by atoms with Gasteiger partial charge in [0.25, 0.3) is 0 Å². The van der Waals surface area contributed by atoms with E-state index in [1.54, 1.807) is 0 Å². The van der Waals surface area contributed by atoms with Crippen molar-refractivity contribution in [2.24, 2.45) is 0 Å². The number of aliphatic hydroxyl groups is 1. The van der Waals surface area contributed by atoms with E-state index in [0.717, 1.165) is 44.5 Å². The molecular formula is C34H27ClO. The molecule has 5 aromatic carbocycles. The van der Waals surface area contributed by atoms with Gasteiger partial charge in [-0.25, -0.2) is 0 Å². The van der Waals surface area contributed by atoms with Crippen molar-refractivity contribution in [3.8, 4) is 22.3 Å². The molecule has 1 unspecified atom stereocenters. The second-order valence-corrected chi connectivity index (χ2v) is 10.5. The summed E-state index contributed by atoms with van der Waals surface area (Å²) in [5, 5.41) is 13.6. The molecule has 0 fully saturated rings. The molecule has 0 saturated carbocycles. The monoisotopic (exact) mass is 486 g/mol. The molecule has 36 heavy (non-hydrogen) atoms. The van der Waals surface area contributed by atoms with Crippen LogP contribution in [0.5, 0.6) is 0 Å². The van der Waals surface area contributed by atoms with E-state index < -0.39 is 5.60 Å². The number of hydrogen-bond acceptors (Lipinski definition) is 1. The zero-order chi connectivity index (χ0) is 24.9. The Morgan fingerprint density at radius 1 is 0.500 bits per heavy atom. The predicted octanol–water partition coefficient (Wildman–Crippen LogP) is 8.60. The van der Waals surface area contributed by atoms with Gasteiger partial charge in [0.15, 0.2) is 0 Å². The summed E-state index contributed by atoms with van der Waals surface area (Å²) in [7, 11) is 0. The van der Waals surface area contributed by atoms with Gasteiger partial charge in [-0.1, -0.05) is 129 Å². The summed E-state index contributed by atoms with van der Waals surface area (Å²) in [5.41, 5.74) is 7.72. The van der Waals surface area contributed by atoms with Gasteiger partial charge < -0.3 is 5.11 Å². The molecule has 0 saturated heterocycles. The van der Waals surface area contributed by atoms with Crippen molar-refractivity contribution >= 4 is 11.6 Å². The predicted molar refractivity (Wildman–Crippen MR) is 149 cm³/mol. The van der Waals surface area contributed by atoms with Gasteiger partial charge in [0.1, 0.15) is 5.60 Å². The molecule has 0 spiro atoms. The minimum atomic E-state index is -1.31. The van der Waals surface area contributed by atoms with Crippen molar-refractivity contribution in [1.29, 1.82) is 0 Å². The zero-order valence-electron chi connectivity index (χ0n) is 20.4. The fourth-order valence-corrected chi connectivity index (χ4v) is 5.92. The van der Waals surface area contributed by atoms with Crippen LogP contribution in [0.15, 0.2) is 121 Å². The molecule has 1 atom stereocenters. The molecule has 176 valence electrons. The van der Waals surface area contributed by atoms with Gasteiger partial charge in [-0.2, -0.15) is 0 Å². The van der Waals surface area contributed by atoms with Crippen LogP contribution >= 0.6 is 11.6 Å². The number of halogens is 1. The Kier molecular flexibility index (Phi) is 5.37. The quantitative estimate of drug-likeness (QED) is 0.270. The Balaban J connectivity index is 1.66. The van der Waals surface area contributed by atoms with Gasteiger partial charge in [0, 0.05) is 16.0 Å². The van der Waals surface area contributed by atoms with Gasteiger partial charge in [-0.05, 0) is 62.7 Å². The van der Waals surface area contributed by atoms with Crippen molar-refractivity contribution in [2.45, 2.75) is 24.9 Å². The normalized spacial score (nSPS) is 17.8. The Labute approximate surface area is 217 Å². The summed E-state index contributed by atoms with van der Waals surface area (Å²) in [6.45, 7) is 4.51. The molecule has 0 aliphatic heterocycles. The average molecular weight is 487 g/mol. The van der Waals surface area contributed by atoms with Crippen LogP contribution in [0, 0.1) is 0 Å². The third-order valence-corrected chi connectivity index (χ3v) is 7.90. The molecule has 0 heterocycles. The van der Waals surface area contributed by atoms with Crippen LogP contribution in [-0.2, 0) is 11.0 Å². The maximum atomic E-state index is 12.9. The molecule has 1 aliphatic carbocycles. The van der Waals surface area contributed by atoms with Crippen LogP contribution in [0.2, 0.25) is 5.02 Å². The molecule has 5 aromatic rings. The number of fused-ring (bicyclic) bond motifs is 2. The molecule has 0 radical (unpaired) electrons. The lowest BCUT2D eigenvalue weighted by atomic mass is 9.61. The molecule has 0 amide bonds. The molecule has 2 heteroatoms. The first-order valence-electron chi connectivity index (χ1n) is 12.3.